The van der Waals surface area contributed by atoms with Crippen molar-refractivity contribution in [1.82, 2.24) is 15.3 Å². The highest BCUT2D eigenvalue weighted by Gasteiger charge is 2.11. The molecule has 0 saturated heterocycles. The number of Topliss-reactive ketones (excluding diaryl/α,β-unsaturated/α-hetero) is 1. The second kappa shape index (κ2) is 10.00. The molecule has 2 aromatic carbocycles. The fraction of sp³-hybridized carbons (Fsp3) is 0.286. The summed E-state index contributed by atoms with van der Waals surface area (Å²) in [5.74, 6) is 0.484. The van der Waals surface area contributed by atoms with E-state index >= 15 is 0 Å². The summed E-state index contributed by atoms with van der Waals surface area (Å²) in [6, 6.07) is 14.3. The molecule has 0 unspecified atom stereocenters. The van der Waals surface area contributed by atoms with Gasteiger partial charge in [0.05, 0.1) is 5.52 Å². The van der Waals surface area contributed by atoms with Crippen LogP contribution in [-0.4, -0.2) is 28.2 Å². The Hall–Kier alpha value is -3.80. The SMILES string of the molecule is CC(=O)NCCCC(=O)c1ccc(CCc2cnc3c(N)nc4cc(C)ccc4c3c2)c(C)c1. The summed E-state index contributed by atoms with van der Waals surface area (Å²) in [4.78, 5) is 32.6. The molecule has 0 saturated carbocycles. The van der Waals surface area contributed by atoms with Gasteiger partial charge in [-0.1, -0.05) is 24.3 Å². The van der Waals surface area contributed by atoms with Crippen molar-refractivity contribution < 1.29 is 9.59 Å². The van der Waals surface area contributed by atoms with Crippen molar-refractivity contribution >= 4 is 39.3 Å². The molecule has 0 radical (unpaired) electrons. The maximum absolute atomic E-state index is 12.5. The molecule has 1 amide bonds. The van der Waals surface area contributed by atoms with Crippen LogP contribution in [0.25, 0.3) is 21.8 Å². The van der Waals surface area contributed by atoms with Gasteiger partial charge in [0.1, 0.15) is 5.52 Å². The zero-order valence-corrected chi connectivity index (χ0v) is 19.9. The van der Waals surface area contributed by atoms with Crippen LogP contribution in [0, 0.1) is 13.8 Å². The van der Waals surface area contributed by atoms with E-state index in [1.165, 1.54) is 12.5 Å². The number of ketones is 1. The number of hydrogen-bond acceptors (Lipinski definition) is 5. The van der Waals surface area contributed by atoms with Gasteiger partial charge in [-0.2, -0.15) is 0 Å². The van der Waals surface area contributed by atoms with Gasteiger partial charge >= 0.3 is 0 Å². The van der Waals surface area contributed by atoms with Gasteiger partial charge in [0, 0.05) is 42.4 Å². The van der Waals surface area contributed by atoms with Crippen LogP contribution in [0.4, 0.5) is 5.82 Å². The Bertz CT molecular complexity index is 1390. The van der Waals surface area contributed by atoms with Crippen LogP contribution < -0.4 is 11.1 Å². The molecule has 0 atom stereocenters. The minimum atomic E-state index is -0.0716. The average Bonchev–Trinajstić information content (AvgIpc) is 2.80. The van der Waals surface area contributed by atoms with Crippen LogP contribution in [0.15, 0.2) is 48.7 Å². The van der Waals surface area contributed by atoms with Crippen molar-refractivity contribution in [2.24, 2.45) is 0 Å². The normalized spacial score (nSPS) is 11.1. The van der Waals surface area contributed by atoms with Crippen molar-refractivity contribution in [3.8, 4) is 0 Å². The quantitative estimate of drug-likeness (QED) is 0.225. The number of aromatic nitrogens is 2. The Labute approximate surface area is 199 Å². The zero-order chi connectivity index (χ0) is 24.2. The third-order valence-electron chi connectivity index (χ3n) is 6.17. The number of benzene rings is 2. The monoisotopic (exact) mass is 454 g/mol. The highest BCUT2D eigenvalue weighted by Crippen LogP contribution is 2.28. The number of anilines is 1. The van der Waals surface area contributed by atoms with Crippen molar-refractivity contribution in [2.75, 3.05) is 12.3 Å². The second-order valence-corrected chi connectivity index (χ2v) is 8.91. The Balaban J connectivity index is 1.47. The second-order valence-electron chi connectivity index (χ2n) is 8.91. The van der Waals surface area contributed by atoms with Crippen LogP contribution in [0.3, 0.4) is 0 Å². The third kappa shape index (κ3) is 5.22. The van der Waals surface area contributed by atoms with E-state index in [2.05, 4.69) is 33.5 Å². The topological polar surface area (TPSA) is 98.0 Å². The van der Waals surface area contributed by atoms with E-state index in [4.69, 9.17) is 5.73 Å². The number of aryl methyl sites for hydroxylation is 4. The molecule has 6 heteroatoms. The van der Waals surface area contributed by atoms with E-state index in [0.29, 0.717) is 25.2 Å². The lowest BCUT2D eigenvalue weighted by atomic mass is 9.96. The van der Waals surface area contributed by atoms with Gasteiger partial charge in [-0.25, -0.2) is 4.98 Å². The molecular formula is C28H30N4O2. The number of carbonyl (C=O) groups is 2. The molecule has 0 bridgehead atoms. The maximum atomic E-state index is 12.5. The number of fused-ring (bicyclic) bond motifs is 3. The largest absolute Gasteiger partial charge is 0.382 e. The summed E-state index contributed by atoms with van der Waals surface area (Å²) in [6.07, 6.45) is 4.63. The number of hydrogen-bond donors (Lipinski definition) is 2. The fourth-order valence-corrected chi connectivity index (χ4v) is 4.29. The predicted molar refractivity (Wildman–Crippen MR) is 137 cm³/mol. The minimum Gasteiger partial charge on any atom is -0.382 e. The van der Waals surface area contributed by atoms with E-state index < -0.39 is 0 Å². The molecule has 0 aliphatic rings. The lowest BCUT2D eigenvalue weighted by Gasteiger charge is -2.11. The van der Waals surface area contributed by atoms with Crippen LogP contribution >= 0.6 is 0 Å². The summed E-state index contributed by atoms with van der Waals surface area (Å²) >= 11 is 0. The summed E-state index contributed by atoms with van der Waals surface area (Å²) in [5.41, 5.74) is 13.1. The first kappa shape index (κ1) is 23.4. The standard InChI is InChI=1S/C28H30N4O2/c1-17-6-11-23-24-15-20(16-31-27(24)28(29)32-25(23)13-17)7-8-21-9-10-22(14-18(21)2)26(34)5-4-12-30-19(3)33/h6,9-11,13-16H,4-5,7-8,12H2,1-3H3,(H2,29,32)(H,30,33). The molecule has 0 aliphatic heterocycles. The molecule has 2 heterocycles. The van der Waals surface area contributed by atoms with Gasteiger partial charge in [-0.05, 0) is 73.6 Å². The van der Waals surface area contributed by atoms with E-state index in [9.17, 15) is 9.59 Å². The summed E-state index contributed by atoms with van der Waals surface area (Å²) < 4.78 is 0. The molecular weight excluding hydrogens is 424 g/mol. The minimum absolute atomic E-state index is 0.0716. The molecule has 0 spiro atoms. The summed E-state index contributed by atoms with van der Waals surface area (Å²) in [7, 11) is 0. The van der Waals surface area contributed by atoms with E-state index in [1.807, 2.05) is 44.3 Å². The van der Waals surface area contributed by atoms with Gasteiger partial charge < -0.3 is 11.1 Å². The van der Waals surface area contributed by atoms with Crippen LogP contribution in [0.2, 0.25) is 0 Å². The Kier molecular flexibility index (Phi) is 6.87. The van der Waals surface area contributed by atoms with E-state index in [1.54, 1.807) is 0 Å². The highest BCUT2D eigenvalue weighted by molar-refractivity contribution is 6.08. The highest BCUT2D eigenvalue weighted by atomic mass is 16.1. The average molecular weight is 455 g/mol. The molecule has 6 nitrogen and oxygen atoms in total. The van der Waals surface area contributed by atoms with Crippen molar-refractivity contribution in [2.45, 2.75) is 46.5 Å². The molecule has 174 valence electrons. The zero-order valence-electron chi connectivity index (χ0n) is 19.9. The van der Waals surface area contributed by atoms with Gasteiger partial charge in [-0.15, -0.1) is 0 Å². The van der Waals surface area contributed by atoms with Crippen LogP contribution in [0.5, 0.6) is 0 Å². The molecule has 4 aromatic rings. The lowest BCUT2D eigenvalue weighted by molar-refractivity contribution is -0.118. The van der Waals surface area contributed by atoms with Crippen molar-refractivity contribution in [3.05, 3.63) is 76.5 Å². The van der Waals surface area contributed by atoms with E-state index in [0.717, 1.165) is 56.9 Å². The first-order valence-electron chi connectivity index (χ1n) is 11.6. The van der Waals surface area contributed by atoms with Gasteiger partial charge in [0.15, 0.2) is 11.6 Å². The van der Waals surface area contributed by atoms with Gasteiger partial charge in [0.25, 0.3) is 0 Å². The van der Waals surface area contributed by atoms with Gasteiger partial charge in [0.2, 0.25) is 5.91 Å². The van der Waals surface area contributed by atoms with Crippen LogP contribution in [-0.2, 0) is 17.6 Å². The Morgan fingerprint density at radius 1 is 1.00 bits per heavy atom. The molecule has 0 fully saturated rings. The Morgan fingerprint density at radius 2 is 1.82 bits per heavy atom. The number of amides is 1. The number of nitrogens with one attached hydrogen (secondary N) is 1. The number of nitrogens with two attached hydrogens (primary N) is 1. The van der Waals surface area contributed by atoms with Crippen molar-refractivity contribution in [3.63, 3.8) is 0 Å². The van der Waals surface area contributed by atoms with Crippen molar-refractivity contribution in [1.29, 1.82) is 0 Å². The fourth-order valence-electron chi connectivity index (χ4n) is 4.29. The number of pyridine rings is 2. The van der Waals surface area contributed by atoms with Crippen LogP contribution in [0.1, 0.15) is 52.4 Å². The summed E-state index contributed by atoms with van der Waals surface area (Å²) in [6.45, 7) is 6.09. The predicted octanol–water partition coefficient (Wildman–Crippen LogP) is 4.87. The first-order chi connectivity index (χ1) is 16.3. The van der Waals surface area contributed by atoms with Gasteiger partial charge in [-0.3, -0.25) is 14.6 Å². The third-order valence-corrected chi connectivity index (χ3v) is 6.17. The molecule has 0 aliphatic carbocycles. The molecule has 34 heavy (non-hydrogen) atoms. The summed E-state index contributed by atoms with van der Waals surface area (Å²) in [5, 5.41) is 4.81. The maximum Gasteiger partial charge on any atom is 0.216 e. The first-order valence-corrected chi connectivity index (χ1v) is 11.6. The Morgan fingerprint density at radius 3 is 2.59 bits per heavy atom. The number of rotatable bonds is 8. The number of carbonyl (C=O) groups excluding carboxylic acids is 2. The smallest absolute Gasteiger partial charge is 0.216 e. The molecule has 3 N–H and O–H groups in total. The lowest BCUT2D eigenvalue weighted by Crippen LogP contribution is -2.21. The molecule has 4 rings (SSSR count). The molecule has 2 aromatic heterocycles. The van der Waals surface area contributed by atoms with E-state index in [-0.39, 0.29) is 11.7 Å². The number of nitrogens with zero attached hydrogens (tertiary/aromatic N) is 2. The number of nitrogen functional groups attached to an aromatic ring is 1.